The van der Waals surface area contributed by atoms with E-state index in [1.807, 2.05) is 13.8 Å². The number of aliphatic carboxylic acids is 1. The first-order chi connectivity index (χ1) is 7.98. The number of hydrogen-bond acceptors (Lipinski definition) is 2. The van der Waals surface area contributed by atoms with E-state index in [1.54, 1.807) is 7.11 Å². The summed E-state index contributed by atoms with van der Waals surface area (Å²) in [4.78, 5) is 10.9. The summed E-state index contributed by atoms with van der Waals surface area (Å²) in [5.41, 5.74) is 3.20. The minimum Gasteiger partial charge on any atom is -0.496 e. The van der Waals surface area contributed by atoms with Gasteiger partial charge in [-0.25, -0.2) is 0 Å². The maximum atomic E-state index is 10.9. The zero-order valence-electron chi connectivity index (χ0n) is 10.5. The smallest absolute Gasteiger partial charge is 0.304 e. The fourth-order valence-electron chi connectivity index (χ4n) is 2.59. The van der Waals surface area contributed by atoms with Crippen LogP contribution in [0.15, 0.2) is 12.1 Å². The van der Waals surface area contributed by atoms with Gasteiger partial charge in [0.2, 0.25) is 0 Å². The summed E-state index contributed by atoms with van der Waals surface area (Å²) in [7, 11) is 1.67. The number of rotatable bonds is 4. The van der Waals surface area contributed by atoms with Gasteiger partial charge in [0.05, 0.1) is 13.5 Å². The molecule has 1 N–H and O–H groups in total. The molecule has 0 spiro atoms. The molecule has 1 aromatic rings. The van der Waals surface area contributed by atoms with Crippen molar-refractivity contribution in [2.75, 3.05) is 7.11 Å². The fraction of sp³-hybridized carbons (Fsp3) is 0.500. The van der Waals surface area contributed by atoms with E-state index < -0.39 is 5.97 Å². The number of carboxylic acids is 1. The summed E-state index contributed by atoms with van der Waals surface area (Å²) in [6, 6.07) is 4.14. The fourth-order valence-corrected chi connectivity index (χ4v) is 2.59. The highest BCUT2D eigenvalue weighted by Gasteiger charge is 2.46. The van der Waals surface area contributed by atoms with Crippen molar-refractivity contribution in [2.24, 2.45) is 0 Å². The number of carboxylic acid groups (broad SMARTS) is 1. The normalized spacial score (nSPS) is 16.6. The van der Waals surface area contributed by atoms with E-state index in [0.717, 1.165) is 35.3 Å². The molecule has 3 heteroatoms. The highest BCUT2D eigenvalue weighted by molar-refractivity contribution is 5.70. The van der Waals surface area contributed by atoms with Crippen LogP contribution in [0.25, 0.3) is 0 Å². The summed E-state index contributed by atoms with van der Waals surface area (Å²) in [5, 5.41) is 8.97. The van der Waals surface area contributed by atoms with Crippen molar-refractivity contribution in [2.45, 2.75) is 38.5 Å². The Hall–Kier alpha value is -1.51. The van der Waals surface area contributed by atoms with E-state index in [4.69, 9.17) is 9.84 Å². The second-order valence-corrected chi connectivity index (χ2v) is 4.99. The lowest BCUT2D eigenvalue weighted by molar-refractivity contribution is -0.137. The van der Waals surface area contributed by atoms with Gasteiger partial charge in [0.15, 0.2) is 0 Å². The third-order valence-electron chi connectivity index (χ3n) is 3.62. The van der Waals surface area contributed by atoms with Crippen LogP contribution in [0.2, 0.25) is 0 Å². The highest BCUT2D eigenvalue weighted by atomic mass is 16.5. The minimum absolute atomic E-state index is 0.117. The van der Waals surface area contributed by atoms with Crippen molar-refractivity contribution in [1.82, 2.24) is 0 Å². The Kier molecular flexibility index (Phi) is 2.86. The van der Waals surface area contributed by atoms with Crippen molar-refractivity contribution in [3.8, 4) is 5.75 Å². The number of ether oxygens (including phenoxy) is 1. The molecular formula is C14H18O3. The quantitative estimate of drug-likeness (QED) is 0.871. The molecule has 0 bridgehead atoms. The number of carbonyl (C=O) groups is 1. The van der Waals surface area contributed by atoms with Crippen molar-refractivity contribution in [1.29, 1.82) is 0 Å². The Balaban J connectivity index is 2.37. The molecule has 0 saturated heterocycles. The number of benzene rings is 1. The number of methoxy groups -OCH3 is 1. The summed E-state index contributed by atoms with van der Waals surface area (Å²) in [6.45, 7) is 4.01. The lowest BCUT2D eigenvalue weighted by Gasteiger charge is -2.17. The lowest BCUT2D eigenvalue weighted by Crippen LogP contribution is -2.13. The molecule has 0 heterocycles. The largest absolute Gasteiger partial charge is 0.496 e. The van der Waals surface area contributed by atoms with Crippen LogP contribution in [0, 0.1) is 13.8 Å². The molecule has 0 unspecified atom stereocenters. The summed E-state index contributed by atoms with van der Waals surface area (Å²) >= 11 is 0. The average molecular weight is 234 g/mol. The zero-order valence-corrected chi connectivity index (χ0v) is 10.5. The van der Waals surface area contributed by atoms with Gasteiger partial charge in [-0.3, -0.25) is 4.79 Å². The summed E-state index contributed by atoms with van der Waals surface area (Å²) < 4.78 is 5.33. The van der Waals surface area contributed by atoms with Crippen molar-refractivity contribution < 1.29 is 14.6 Å². The molecular weight excluding hydrogens is 216 g/mol. The topological polar surface area (TPSA) is 46.5 Å². The first kappa shape index (κ1) is 12.0. The second-order valence-electron chi connectivity index (χ2n) is 4.99. The first-order valence-corrected chi connectivity index (χ1v) is 5.86. The average Bonchev–Trinajstić information content (AvgIpc) is 2.97. The van der Waals surface area contributed by atoms with Gasteiger partial charge >= 0.3 is 5.97 Å². The molecule has 0 amide bonds. The number of hydrogen-bond donors (Lipinski definition) is 1. The Bertz CT molecular complexity index is 436. The summed E-state index contributed by atoms with van der Waals surface area (Å²) in [6.07, 6.45) is 2.19. The van der Waals surface area contributed by atoms with Gasteiger partial charge in [-0.1, -0.05) is 12.1 Å². The monoisotopic (exact) mass is 234 g/mol. The van der Waals surface area contributed by atoms with Crippen LogP contribution in [0.1, 0.15) is 36.0 Å². The molecule has 2 rings (SSSR count). The Morgan fingerprint density at radius 3 is 2.24 bits per heavy atom. The van der Waals surface area contributed by atoms with Gasteiger partial charge in [-0.05, 0) is 43.4 Å². The van der Waals surface area contributed by atoms with E-state index in [2.05, 4.69) is 12.1 Å². The third-order valence-corrected chi connectivity index (χ3v) is 3.62. The molecule has 17 heavy (non-hydrogen) atoms. The van der Waals surface area contributed by atoms with Crippen molar-refractivity contribution in [3.05, 3.63) is 28.8 Å². The van der Waals surface area contributed by atoms with Crippen molar-refractivity contribution >= 4 is 5.97 Å². The molecule has 1 fully saturated rings. The van der Waals surface area contributed by atoms with E-state index in [1.165, 1.54) is 0 Å². The van der Waals surface area contributed by atoms with Gasteiger partial charge in [0, 0.05) is 5.41 Å². The van der Waals surface area contributed by atoms with Gasteiger partial charge in [0.25, 0.3) is 0 Å². The molecule has 0 radical (unpaired) electrons. The zero-order chi connectivity index (χ0) is 12.6. The van der Waals surface area contributed by atoms with Gasteiger partial charge in [-0.15, -0.1) is 0 Å². The maximum Gasteiger partial charge on any atom is 0.304 e. The van der Waals surface area contributed by atoms with E-state index in [-0.39, 0.29) is 11.8 Å². The predicted octanol–water partition coefficient (Wildman–Crippen LogP) is 2.82. The SMILES string of the molecule is COc1c(C)cc(C2(CC(=O)O)CC2)cc1C. The molecule has 0 aromatic heterocycles. The first-order valence-electron chi connectivity index (χ1n) is 5.86. The summed E-state index contributed by atoms with van der Waals surface area (Å²) in [5.74, 6) is 0.188. The Morgan fingerprint density at radius 1 is 1.35 bits per heavy atom. The molecule has 0 atom stereocenters. The van der Waals surface area contributed by atoms with Crippen LogP contribution in [0.3, 0.4) is 0 Å². The molecule has 0 aliphatic heterocycles. The molecule has 1 aromatic carbocycles. The number of aryl methyl sites for hydroxylation is 2. The van der Waals surface area contributed by atoms with Crippen LogP contribution in [0.4, 0.5) is 0 Å². The van der Waals surface area contributed by atoms with E-state index in [9.17, 15) is 4.79 Å². The lowest BCUT2D eigenvalue weighted by atomic mass is 9.89. The second kappa shape index (κ2) is 4.06. The minimum atomic E-state index is -0.714. The third kappa shape index (κ3) is 2.14. The van der Waals surface area contributed by atoms with Crippen LogP contribution in [-0.4, -0.2) is 18.2 Å². The molecule has 1 saturated carbocycles. The highest BCUT2D eigenvalue weighted by Crippen LogP contribution is 2.52. The maximum absolute atomic E-state index is 10.9. The Labute approximate surface area is 101 Å². The molecule has 1 aliphatic rings. The van der Waals surface area contributed by atoms with E-state index >= 15 is 0 Å². The predicted molar refractivity (Wildman–Crippen MR) is 65.6 cm³/mol. The van der Waals surface area contributed by atoms with E-state index in [0.29, 0.717) is 0 Å². The molecule has 1 aliphatic carbocycles. The van der Waals surface area contributed by atoms with Gasteiger partial charge in [0.1, 0.15) is 5.75 Å². The van der Waals surface area contributed by atoms with Gasteiger partial charge < -0.3 is 9.84 Å². The molecule has 92 valence electrons. The standard InChI is InChI=1S/C14H18O3/c1-9-6-11(7-10(2)13(9)17-3)14(4-5-14)8-12(15)16/h6-7H,4-5,8H2,1-3H3,(H,15,16). The molecule has 3 nitrogen and oxygen atoms in total. The Morgan fingerprint density at radius 2 is 1.88 bits per heavy atom. The van der Waals surface area contributed by atoms with Crippen LogP contribution in [0.5, 0.6) is 5.75 Å². The van der Waals surface area contributed by atoms with Gasteiger partial charge in [-0.2, -0.15) is 0 Å². The van der Waals surface area contributed by atoms with Crippen molar-refractivity contribution in [3.63, 3.8) is 0 Å². The van der Waals surface area contributed by atoms with Crippen LogP contribution < -0.4 is 4.74 Å². The van der Waals surface area contributed by atoms with Crippen LogP contribution >= 0.6 is 0 Å². The van der Waals surface area contributed by atoms with Crippen LogP contribution in [-0.2, 0) is 10.2 Å².